The molecule has 4 heteroatoms. The Labute approximate surface area is 127 Å². The lowest BCUT2D eigenvalue weighted by Gasteiger charge is -2.09. The van der Waals surface area contributed by atoms with Crippen LogP contribution in [0.2, 0.25) is 0 Å². The fourth-order valence-corrected chi connectivity index (χ4v) is 3.07. The number of benzene rings is 1. The summed E-state index contributed by atoms with van der Waals surface area (Å²) in [7, 11) is 0. The van der Waals surface area contributed by atoms with Crippen LogP contribution in [0, 0.1) is 0 Å². The second-order valence-corrected chi connectivity index (χ2v) is 6.55. The van der Waals surface area contributed by atoms with E-state index in [0.717, 1.165) is 29.8 Å². The van der Waals surface area contributed by atoms with Crippen molar-refractivity contribution < 1.29 is 0 Å². The molecule has 4 rings (SSSR count). The van der Waals surface area contributed by atoms with Gasteiger partial charge in [-0.3, -0.25) is 0 Å². The van der Waals surface area contributed by atoms with Crippen LogP contribution in [-0.2, 0) is 19.5 Å². The number of nitrogens with zero attached hydrogens (tertiary/aromatic N) is 2. The average molecular weight is 330 g/mol. The van der Waals surface area contributed by atoms with E-state index in [9.17, 15) is 0 Å². The van der Waals surface area contributed by atoms with E-state index in [0.29, 0.717) is 5.92 Å². The van der Waals surface area contributed by atoms with Crippen LogP contribution < -0.4 is 5.32 Å². The fourth-order valence-electron chi connectivity index (χ4n) is 2.81. The lowest BCUT2D eigenvalue weighted by molar-refractivity contribution is 0.754. The minimum Gasteiger partial charge on any atom is -0.307 e. The number of fused-ring (bicyclic) bond motifs is 1. The third-order valence-corrected chi connectivity index (χ3v) is 4.53. The Bertz CT molecular complexity index is 648. The standard InChI is InChI=1S/C16H16BrN3/c17-12-5-1-10(2-6-12)7-15-19-14-9-18-8-13(14)16(20-15)11-3-4-11/h1-2,5-6,11,18H,3-4,7-9H2. The van der Waals surface area contributed by atoms with E-state index in [2.05, 4.69) is 45.5 Å². The zero-order chi connectivity index (χ0) is 13.5. The van der Waals surface area contributed by atoms with Crippen LogP contribution in [0.5, 0.6) is 0 Å². The van der Waals surface area contributed by atoms with Gasteiger partial charge in [0.2, 0.25) is 0 Å². The highest BCUT2D eigenvalue weighted by molar-refractivity contribution is 9.10. The van der Waals surface area contributed by atoms with Gasteiger partial charge in [-0.1, -0.05) is 28.1 Å². The van der Waals surface area contributed by atoms with Crippen molar-refractivity contribution in [1.82, 2.24) is 15.3 Å². The van der Waals surface area contributed by atoms with Crippen molar-refractivity contribution >= 4 is 15.9 Å². The molecule has 3 nitrogen and oxygen atoms in total. The number of rotatable bonds is 3. The Morgan fingerprint density at radius 1 is 1.10 bits per heavy atom. The first kappa shape index (κ1) is 12.5. The van der Waals surface area contributed by atoms with Gasteiger partial charge in [0.15, 0.2) is 0 Å². The lowest BCUT2D eigenvalue weighted by atomic mass is 10.1. The van der Waals surface area contributed by atoms with E-state index < -0.39 is 0 Å². The maximum Gasteiger partial charge on any atom is 0.133 e. The monoisotopic (exact) mass is 329 g/mol. The van der Waals surface area contributed by atoms with Crippen LogP contribution in [-0.4, -0.2) is 9.97 Å². The number of aromatic nitrogens is 2. The molecular weight excluding hydrogens is 314 g/mol. The molecule has 2 aromatic rings. The van der Waals surface area contributed by atoms with Crippen LogP contribution in [0.1, 0.15) is 47.1 Å². The Morgan fingerprint density at radius 3 is 2.65 bits per heavy atom. The van der Waals surface area contributed by atoms with Gasteiger partial charge in [-0.05, 0) is 30.5 Å². The molecule has 1 N–H and O–H groups in total. The van der Waals surface area contributed by atoms with Crippen LogP contribution >= 0.6 is 15.9 Å². The molecule has 0 spiro atoms. The average Bonchev–Trinajstić information content (AvgIpc) is 3.19. The summed E-state index contributed by atoms with van der Waals surface area (Å²) in [5.74, 6) is 1.66. The first-order chi connectivity index (χ1) is 9.79. The SMILES string of the molecule is Brc1ccc(Cc2nc3c(c(C4CC4)n2)CNC3)cc1. The summed E-state index contributed by atoms with van der Waals surface area (Å²) in [6, 6.07) is 8.42. The van der Waals surface area contributed by atoms with Gasteiger partial charge in [0.25, 0.3) is 0 Å². The van der Waals surface area contributed by atoms with Gasteiger partial charge in [-0.2, -0.15) is 0 Å². The molecular formula is C16H16BrN3. The van der Waals surface area contributed by atoms with Crippen LogP contribution in [0.4, 0.5) is 0 Å². The second kappa shape index (κ2) is 4.93. The molecule has 1 aromatic heterocycles. The van der Waals surface area contributed by atoms with Gasteiger partial charge in [0, 0.05) is 35.5 Å². The molecule has 2 heterocycles. The highest BCUT2D eigenvalue weighted by Crippen LogP contribution is 2.41. The zero-order valence-electron chi connectivity index (χ0n) is 11.2. The minimum absolute atomic E-state index is 0.690. The normalized spacial score (nSPS) is 17.2. The summed E-state index contributed by atoms with van der Waals surface area (Å²) in [4.78, 5) is 9.62. The number of halogens is 1. The van der Waals surface area contributed by atoms with Gasteiger partial charge in [0.05, 0.1) is 11.4 Å². The van der Waals surface area contributed by atoms with Crippen molar-refractivity contribution in [3.63, 3.8) is 0 Å². The molecule has 0 saturated heterocycles. The summed E-state index contributed by atoms with van der Waals surface area (Å²) in [5.41, 5.74) is 5.16. The third-order valence-electron chi connectivity index (χ3n) is 4.00. The summed E-state index contributed by atoms with van der Waals surface area (Å²) >= 11 is 3.47. The molecule has 1 aromatic carbocycles. The highest BCUT2D eigenvalue weighted by atomic mass is 79.9. The maximum atomic E-state index is 4.86. The first-order valence-corrected chi connectivity index (χ1v) is 7.92. The van der Waals surface area contributed by atoms with Crippen molar-refractivity contribution in [2.45, 2.75) is 38.3 Å². The fraction of sp³-hybridized carbons (Fsp3) is 0.375. The Hall–Kier alpha value is -1.26. The van der Waals surface area contributed by atoms with Gasteiger partial charge in [-0.15, -0.1) is 0 Å². The Balaban J connectivity index is 1.68. The van der Waals surface area contributed by atoms with E-state index in [-0.39, 0.29) is 0 Å². The van der Waals surface area contributed by atoms with Gasteiger partial charge < -0.3 is 5.32 Å². The van der Waals surface area contributed by atoms with Crippen molar-refractivity contribution in [3.8, 4) is 0 Å². The van der Waals surface area contributed by atoms with E-state index in [1.54, 1.807) is 0 Å². The molecule has 0 atom stereocenters. The van der Waals surface area contributed by atoms with Crippen LogP contribution in [0.25, 0.3) is 0 Å². The van der Waals surface area contributed by atoms with Crippen molar-refractivity contribution in [3.05, 3.63) is 57.1 Å². The molecule has 2 aliphatic rings. The van der Waals surface area contributed by atoms with E-state index >= 15 is 0 Å². The summed E-state index contributed by atoms with van der Waals surface area (Å²) in [6.07, 6.45) is 3.41. The lowest BCUT2D eigenvalue weighted by Crippen LogP contribution is -2.06. The molecule has 1 fully saturated rings. The second-order valence-electron chi connectivity index (χ2n) is 5.63. The Morgan fingerprint density at radius 2 is 1.90 bits per heavy atom. The predicted octanol–water partition coefficient (Wildman–Crippen LogP) is 3.31. The minimum atomic E-state index is 0.690. The molecule has 20 heavy (non-hydrogen) atoms. The zero-order valence-corrected chi connectivity index (χ0v) is 12.8. The maximum absolute atomic E-state index is 4.86. The molecule has 0 unspecified atom stereocenters. The molecule has 0 radical (unpaired) electrons. The van der Waals surface area contributed by atoms with E-state index in [4.69, 9.17) is 9.97 Å². The van der Waals surface area contributed by atoms with Crippen molar-refractivity contribution in [2.75, 3.05) is 0 Å². The largest absolute Gasteiger partial charge is 0.307 e. The predicted molar refractivity (Wildman–Crippen MR) is 81.5 cm³/mol. The third kappa shape index (κ3) is 2.38. The molecule has 1 saturated carbocycles. The summed E-state index contributed by atoms with van der Waals surface area (Å²) < 4.78 is 1.11. The molecule has 0 amide bonds. The number of nitrogens with one attached hydrogen (secondary N) is 1. The number of hydrogen-bond donors (Lipinski definition) is 1. The topological polar surface area (TPSA) is 37.8 Å². The van der Waals surface area contributed by atoms with Crippen molar-refractivity contribution in [2.24, 2.45) is 0 Å². The van der Waals surface area contributed by atoms with Gasteiger partial charge in [0.1, 0.15) is 5.82 Å². The Kier molecular flexibility index (Phi) is 3.08. The summed E-state index contributed by atoms with van der Waals surface area (Å²) in [6.45, 7) is 1.84. The molecule has 102 valence electrons. The van der Waals surface area contributed by atoms with Crippen LogP contribution in [0.15, 0.2) is 28.7 Å². The van der Waals surface area contributed by atoms with E-state index in [1.807, 2.05) is 0 Å². The van der Waals surface area contributed by atoms with Gasteiger partial charge in [-0.25, -0.2) is 9.97 Å². The van der Waals surface area contributed by atoms with Gasteiger partial charge >= 0.3 is 0 Å². The smallest absolute Gasteiger partial charge is 0.133 e. The van der Waals surface area contributed by atoms with E-state index in [1.165, 1.54) is 35.4 Å². The summed E-state index contributed by atoms with van der Waals surface area (Å²) in [5, 5.41) is 3.40. The first-order valence-electron chi connectivity index (χ1n) is 7.13. The molecule has 1 aliphatic heterocycles. The number of hydrogen-bond acceptors (Lipinski definition) is 3. The van der Waals surface area contributed by atoms with Crippen LogP contribution in [0.3, 0.4) is 0 Å². The molecule has 1 aliphatic carbocycles. The molecule has 0 bridgehead atoms. The quantitative estimate of drug-likeness (QED) is 0.938. The van der Waals surface area contributed by atoms with Crippen molar-refractivity contribution in [1.29, 1.82) is 0 Å². The highest BCUT2D eigenvalue weighted by Gasteiger charge is 2.31.